The van der Waals surface area contributed by atoms with Crippen LogP contribution >= 0.6 is 0 Å². The maximum absolute atomic E-state index is 13.3. The predicted molar refractivity (Wildman–Crippen MR) is 111 cm³/mol. The molecule has 0 spiro atoms. The zero-order valence-corrected chi connectivity index (χ0v) is 16.6. The predicted octanol–water partition coefficient (Wildman–Crippen LogP) is 3.96. The Morgan fingerprint density at radius 1 is 1.13 bits per heavy atom. The summed E-state index contributed by atoms with van der Waals surface area (Å²) in [6.07, 6.45) is 1.51. The summed E-state index contributed by atoms with van der Waals surface area (Å²) in [5.41, 5.74) is 2.98. The van der Waals surface area contributed by atoms with Gasteiger partial charge in [-0.15, -0.1) is 0 Å². The highest BCUT2D eigenvalue weighted by atomic mass is 19.1. The average molecular weight is 409 g/mol. The highest BCUT2D eigenvalue weighted by molar-refractivity contribution is 6.02. The van der Waals surface area contributed by atoms with Gasteiger partial charge >= 0.3 is 5.63 Å². The molecule has 2 heterocycles. The monoisotopic (exact) mass is 409 g/mol. The molecule has 0 atom stereocenters. The van der Waals surface area contributed by atoms with Gasteiger partial charge in [-0.05, 0) is 36.2 Å². The summed E-state index contributed by atoms with van der Waals surface area (Å²) < 4.78 is 29.3. The van der Waals surface area contributed by atoms with E-state index in [9.17, 15) is 14.0 Å². The second-order valence-corrected chi connectivity index (χ2v) is 7.01. The van der Waals surface area contributed by atoms with Gasteiger partial charge in [-0.2, -0.15) is 0 Å². The second kappa shape index (κ2) is 8.12. The molecule has 2 aromatic carbocycles. The molecular weight excluding hydrogens is 389 g/mol. The van der Waals surface area contributed by atoms with Gasteiger partial charge in [0.15, 0.2) is 0 Å². The van der Waals surface area contributed by atoms with Crippen molar-refractivity contribution in [1.29, 1.82) is 0 Å². The number of benzene rings is 2. The van der Waals surface area contributed by atoms with E-state index in [0.29, 0.717) is 40.8 Å². The van der Waals surface area contributed by atoms with Gasteiger partial charge in [-0.25, -0.2) is 9.18 Å². The minimum absolute atomic E-state index is 0.0813. The number of amides is 1. The first kappa shape index (κ1) is 19.8. The van der Waals surface area contributed by atoms with Crippen LogP contribution < -0.4 is 10.9 Å². The molecule has 0 aliphatic rings. The highest BCUT2D eigenvalue weighted by Crippen LogP contribution is 2.34. The fourth-order valence-electron chi connectivity index (χ4n) is 3.48. The Bertz CT molecular complexity index is 1290. The highest BCUT2D eigenvalue weighted by Gasteiger charge is 2.17. The van der Waals surface area contributed by atoms with Crippen molar-refractivity contribution in [2.24, 2.45) is 0 Å². The molecule has 7 heteroatoms. The van der Waals surface area contributed by atoms with Crippen LogP contribution in [0.2, 0.25) is 0 Å². The van der Waals surface area contributed by atoms with Gasteiger partial charge < -0.3 is 18.9 Å². The van der Waals surface area contributed by atoms with E-state index >= 15 is 0 Å². The van der Waals surface area contributed by atoms with Crippen LogP contribution in [0.25, 0.3) is 33.1 Å². The summed E-state index contributed by atoms with van der Waals surface area (Å²) in [7, 11) is 1.55. The lowest BCUT2D eigenvalue weighted by molar-refractivity contribution is -0.120. The van der Waals surface area contributed by atoms with Crippen molar-refractivity contribution < 1.29 is 22.8 Å². The van der Waals surface area contributed by atoms with Crippen LogP contribution in [0.3, 0.4) is 0 Å². The first-order valence-corrected chi connectivity index (χ1v) is 9.47. The molecule has 6 nitrogen and oxygen atoms in total. The number of furan rings is 1. The number of carbonyl (C=O) groups excluding carboxylic acids is 1. The summed E-state index contributed by atoms with van der Waals surface area (Å²) >= 11 is 0. The summed E-state index contributed by atoms with van der Waals surface area (Å²) in [5.74, 6) is -0.596. The van der Waals surface area contributed by atoms with Crippen molar-refractivity contribution in [1.82, 2.24) is 5.32 Å². The molecule has 0 bridgehead atoms. The molecule has 0 saturated heterocycles. The quantitative estimate of drug-likeness (QED) is 0.385. The van der Waals surface area contributed by atoms with Gasteiger partial charge in [0.25, 0.3) is 0 Å². The van der Waals surface area contributed by atoms with Gasteiger partial charge in [-0.3, -0.25) is 4.79 Å². The molecule has 0 aliphatic heterocycles. The first-order chi connectivity index (χ1) is 14.5. The molecular formula is C23H20FNO5. The largest absolute Gasteiger partial charge is 0.464 e. The third-order valence-corrected chi connectivity index (χ3v) is 5.10. The molecule has 154 valence electrons. The van der Waals surface area contributed by atoms with Crippen molar-refractivity contribution >= 4 is 27.8 Å². The van der Waals surface area contributed by atoms with Crippen molar-refractivity contribution in [3.05, 3.63) is 70.0 Å². The molecule has 1 amide bonds. The van der Waals surface area contributed by atoms with E-state index in [-0.39, 0.29) is 18.1 Å². The third-order valence-electron chi connectivity index (χ3n) is 5.10. The fraction of sp³-hybridized carbons (Fsp3) is 0.217. The Labute approximate surface area is 171 Å². The summed E-state index contributed by atoms with van der Waals surface area (Å²) in [5, 5.41) is 4.23. The van der Waals surface area contributed by atoms with Crippen LogP contribution in [0.15, 0.2) is 56.3 Å². The van der Waals surface area contributed by atoms with Gasteiger partial charge in [0, 0.05) is 36.1 Å². The van der Waals surface area contributed by atoms with Gasteiger partial charge in [0.1, 0.15) is 17.0 Å². The molecule has 0 fully saturated rings. The van der Waals surface area contributed by atoms with Crippen LogP contribution in [0, 0.1) is 12.7 Å². The van der Waals surface area contributed by atoms with E-state index < -0.39 is 5.63 Å². The molecule has 4 aromatic rings. The van der Waals surface area contributed by atoms with Gasteiger partial charge in [-0.1, -0.05) is 12.1 Å². The Hall–Kier alpha value is -3.45. The lowest BCUT2D eigenvalue weighted by atomic mass is 9.99. The zero-order valence-electron chi connectivity index (χ0n) is 16.6. The number of fused-ring (bicyclic) bond motifs is 2. The van der Waals surface area contributed by atoms with Crippen LogP contribution in [0.1, 0.15) is 11.1 Å². The number of aryl methyl sites for hydroxylation is 1. The van der Waals surface area contributed by atoms with Crippen LogP contribution in [0.4, 0.5) is 4.39 Å². The minimum Gasteiger partial charge on any atom is -0.464 e. The Kier molecular flexibility index (Phi) is 5.37. The van der Waals surface area contributed by atoms with Crippen molar-refractivity contribution in [2.75, 3.05) is 20.3 Å². The summed E-state index contributed by atoms with van der Waals surface area (Å²) in [4.78, 5) is 24.6. The smallest absolute Gasteiger partial charge is 0.340 e. The molecule has 4 rings (SSSR count). The van der Waals surface area contributed by atoms with Crippen molar-refractivity contribution in [3.63, 3.8) is 0 Å². The van der Waals surface area contributed by atoms with E-state index in [0.717, 1.165) is 16.5 Å². The number of halogens is 1. The number of hydrogen-bond donors (Lipinski definition) is 1. The lowest BCUT2D eigenvalue weighted by Crippen LogP contribution is -2.30. The summed E-state index contributed by atoms with van der Waals surface area (Å²) in [6.45, 7) is 2.55. The number of nitrogens with one attached hydrogen (secondary N) is 1. The van der Waals surface area contributed by atoms with E-state index in [1.807, 2.05) is 6.07 Å². The Morgan fingerprint density at radius 3 is 2.63 bits per heavy atom. The molecule has 1 N–H and O–H groups in total. The number of carbonyl (C=O) groups is 1. The maximum Gasteiger partial charge on any atom is 0.340 e. The molecule has 0 unspecified atom stereocenters. The second-order valence-electron chi connectivity index (χ2n) is 7.01. The van der Waals surface area contributed by atoms with E-state index in [2.05, 4.69) is 5.32 Å². The molecule has 0 saturated carbocycles. The lowest BCUT2D eigenvalue weighted by Gasteiger charge is -2.09. The first-order valence-electron chi connectivity index (χ1n) is 9.47. The van der Waals surface area contributed by atoms with E-state index in [1.54, 1.807) is 38.5 Å². The normalized spacial score (nSPS) is 11.3. The zero-order chi connectivity index (χ0) is 21.3. The third kappa shape index (κ3) is 3.71. The summed E-state index contributed by atoms with van der Waals surface area (Å²) in [6, 6.07) is 9.67. The van der Waals surface area contributed by atoms with Gasteiger partial charge in [0.2, 0.25) is 5.91 Å². The van der Waals surface area contributed by atoms with E-state index in [1.165, 1.54) is 12.1 Å². The Balaban J connectivity index is 1.78. The number of rotatable bonds is 6. The molecule has 0 aliphatic carbocycles. The fourth-order valence-corrected chi connectivity index (χ4v) is 3.48. The number of ether oxygens (including phenoxy) is 1. The van der Waals surface area contributed by atoms with Crippen molar-refractivity contribution in [2.45, 2.75) is 13.3 Å². The maximum atomic E-state index is 13.3. The molecule has 2 aromatic heterocycles. The molecule has 0 radical (unpaired) electrons. The van der Waals surface area contributed by atoms with Gasteiger partial charge in [0.05, 0.1) is 24.9 Å². The van der Waals surface area contributed by atoms with Crippen LogP contribution in [-0.4, -0.2) is 26.2 Å². The van der Waals surface area contributed by atoms with Crippen molar-refractivity contribution in [3.8, 4) is 11.1 Å². The van der Waals surface area contributed by atoms with Crippen LogP contribution in [-0.2, 0) is 16.0 Å². The topological polar surface area (TPSA) is 81.7 Å². The Morgan fingerprint density at radius 2 is 1.90 bits per heavy atom. The average Bonchev–Trinajstić information content (AvgIpc) is 3.13. The standard InChI is InChI=1S/C23H20FNO5/c1-13-16-9-18-19(14-3-5-15(24)6-4-14)12-29-20(18)11-21(16)30-23(27)17(13)10-22(26)25-7-8-28-2/h3-6,9,11-12H,7-8,10H2,1-2H3,(H,25,26). The number of methoxy groups -OCH3 is 1. The minimum atomic E-state index is -0.549. The van der Waals surface area contributed by atoms with E-state index in [4.69, 9.17) is 13.6 Å². The van der Waals surface area contributed by atoms with Crippen LogP contribution in [0.5, 0.6) is 0 Å². The molecule has 30 heavy (non-hydrogen) atoms. The number of hydrogen-bond acceptors (Lipinski definition) is 5. The SMILES string of the molecule is COCCNC(=O)Cc1c(C)c2cc3c(-c4ccc(F)cc4)coc3cc2oc1=O.